The Kier molecular flexibility index (Phi) is 4.84. The van der Waals surface area contributed by atoms with Crippen LogP contribution in [0.3, 0.4) is 0 Å². The van der Waals surface area contributed by atoms with Crippen molar-refractivity contribution in [1.29, 1.82) is 0 Å². The minimum atomic E-state index is -0.378. The fourth-order valence-electron chi connectivity index (χ4n) is 2.78. The number of halogens is 1. The second-order valence-electron chi connectivity index (χ2n) is 5.31. The zero-order valence-electron chi connectivity index (χ0n) is 12.8. The van der Waals surface area contributed by atoms with Gasteiger partial charge in [-0.15, -0.1) is 0 Å². The van der Waals surface area contributed by atoms with E-state index in [0.29, 0.717) is 18.2 Å². The molecule has 2 aromatic carbocycles. The first-order chi connectivity index (χ1) is 11.2. The van der Waals surface area contributed by atoms with Crippen molar-refractivity contribution in [2.45, 2.75) is 13.0 Å². The van der Waals surface area contributed by atoms with Gasteiger partial charge in [0, 0.05) is 5.02 Å². The molecule has 5 heteroatoms. The number of para-hydroxylation sites is 1. The lowest BCUT2D eigenvalue weighted by atomic mass is 9.94. The average molecular weight is 332 g/mol. The summed E-state index contributed by atoms with van der Waals surface area (Å²) in [5, 5.41) is 2.44. The molecule has 120 valence electrons. The zero-order valence-corrected chi connectivity index (χ0v) is 13.6. The topological polar surface area (TPSA) is 38.8 Å². The lowest BCUT2D eigenvalue weighted by Gasteiger charge is -2.27. The maximum Gasteiger partial charge on any atom is 0.313 e. The number of carbonyl (C=O) groups is 1. The molecular formula is C18H18ClNO3. The summed E-state index contributed by atoms with van der Waals surface area (Å²) in [4.78, 5) is 18.1. The molecule has 2 aromatic rings. The number of hydrogen-bond donors (Lipinski definition) is 0. The van der Waals surface area contributed by atoms with Crippen LogP contribution in [0, 0.1) is 5.92 Å². The van der Waals surface area contributed by atoms with Crippen molar-refractivity contribution in [3.05, 3.63) is 65.2 Å². The highest BCUT2D eigenvalue weighted by Gasteiger charge is 2.42. The van der Waals surface area contributed by atoms with Gasteiger partial charge in [0.1, 0.15) is 5.92 Å². The van der Waals surface area contributed by atoms with Gasteiger partial charge in [-0.25, -0.2) is 5.06 Å². The number of hydroxylamine groups is 1. The summed E-state index contributed by atoms with van der Waals surface area (Å²) in [5.74, 6) is -0.623. The highest BCUT2D eigenvalue weighted by Crippen LogP contribution is 2.39. The van der Waals surface area contributed by atoms with E-state index in [-0.39, 0.29) is 17.9 Å². The number of rotatable bonds is 4. The van der Waals surface area contributed by atoms with Gasteiger partial charge in [-0.05, 0) is 36.8 Å². The first-order valence-corrected chi connectivity index (χ1v) is 7.98. The van der Waals surface area contributed by atoms with Gasteiger partial charge in [0.05, 0.1) is 24.9 Å². The Balaban J connectivity index is 1.96. The third-order valence-electron chi connectivity index (χ3n) is 3.84. The van der Waals surface area contributed by atoms with Crippen LogP contribution in [0.1, 0.15) is 18.5 Å². The van der Waals surface area contributed by atoms with E-state index >= 15 is 0 Å². The Labute approximate surface area is 140 Å². The summed E-state index contributed by atoms with van der Waals surface area (Å²) in [6, 6.07) is 17.0. The third kappa shape index (κ3) is 3.33. The Hall–Kier alpha value is -2.04. The Bertz CT molecular complexity index is 660. The van der Waals surface area contributed by atoms with Crippen molar-refractivity contribution >= 4 is 23.3 Å². The van der Waals surface area contributed by atoms with E-state index in [1.807, 2.05) is 54.6 Å². The highest BCUT2D eigenvalue weighted by molar-refractivity contribution is 6.30. The van der Waals surface area contributed by atoms with Crippen LogP contribution >= 0.6 is 11.6 Å². The lowest BCUT2D eigenvalue weighted by molar-refractivity contribution is -0.148. The molecular weight excluding hydrogens is 314 g/mol. The van der Waals surface area contributed by atoms with E-state index in [9.17, 15) is 4.79 Å². The van der Waals surface area contributed by atoms with Gasteiger partial charge < -0.3 is 4.74 Å². The number of hydrogen-bond acceptors (Lipinski definition) is 4. The average Bonchev–Trinajstić information content (AvgIpc) is 3.01. The summed E-state index contributed by atoms with van der Waals surface area (Å²) in [7, 11) is 0. The van der Waals surface area contributed by atoms with Gasteiger partial charge >= 0.3 is 5.97 Å². The third-order valence-corrected chi connectivity index (χ3v) is 4.09. The number of esters is 1. The second kappa shape index (κ2) is 7.02. The quantitative estimate of drug-likeness (QED) is 0.793. The molecule has 4 nitrogen and oxygen atoms in total. The molecule has 0 radical (unpaired) electrons. The molecule has 1 aliphatic heterocycles. The van der Waals surface area contributed by atoms with Crippen molar-refractivity contribution in [3.63, 3.8) is 0 Å². The summed E-state index contributed by atoms with van der Waals surface area (Å²) in [5.41, 5.74) is 1.87. The van der Waals surface area contributed by atoms with E-state index in [1.54, 1.807) is 12.0 Å². The first-order valence-electron chi connectivity index (χ1n) is 7.60. The number of carbonyl (C=O) groups excluding carboxylic acids is 1. The maximum absolute atomic E-state index is 12.3. The van der Waals surface area contributed by atoms with Crippen LogP contribution in [0.25, 0.3) is 0 Å². The van der Waals surface area contributed by atoms with Crippen LogP contribution in [0.5, 0.6) is 0 Å². The largest absolute Gasteiger partial charge is 0.466 e. The minimum absolute atomic E-state index is 0.242. The molecule has 1 heterocycles. The van der Waals surface area contributed by atoms with Crippen molar-refractivity contribution in [3.8, 4) is 0 Å². The smallest absolute Gasteiger partial charge is 0.313 e. The molecule has 0 aliphatic carbocycles. The van der Waals surface area contributed by atoms with Gasteiger partial charge in [-0.2, -0.15) is 0 Å². The van der Waals surface area contributed by atoms with Gasteiger partial charge in [0.25, 0.3) is 0 Å². The number of anilines is 1. The number of nitrogens with zero attached hydrogens (tertiary/aromatic N) is 1. The molecule has 0 saturated carbocycles. The van der Waals surface area contributed by atoms with E-state index in [2.05, 4.69) is 0 Å². The molecule has 2 atom stereocenters. The zero-order chi connectivity index (χ0) is 16.2. The lowest BCUT2D eigenvalue weighted by Crippen LogP contribution is -2.29. The molecule has 0 spiro atoms. The second-order valence-corrected chi connectivity index (χ2v) is 5.75. The molecule has 23 heavy (non-hydrogen) atoms. The van der Waals surface area contributed by atoms with Gasteiger partial charge in [-0.1, -0.05) is 41.9 Å². The monoisotopic (exact) mass is 331 g/mol. The predicted octanol–water partition coefficient (Wildman–Crippen LogP) is 4.01. The molecule has 0 amide bonds. The molecule has 0 N–H and O–H groups in total. The summed E-state index contributed by atoms with van der Waals surface area (Å²) in [6.07, 6.45) is 0. The Morgan fingerprint density at radius 2 is 1.91 bits per heavy atom. The molecule has 1 aliphatic rings. The van der Waals surface area contributed by atoms with Gasteiger partial charge in [-0.3, -0.25) is 9.63 Å². The summed E-state index contributed by atoms with van der Waals surface area (Å²) < 4.78 is 5.21. The Morgan fingerprint density at radius 3 is 2.57 bits per heavy atom. The van der Waals surface area contributed by atoms with Crippen LogP contribution in [0.4, 0.5) is 5.69 Å². The maximum atomic E-state index is 12.3. The van der Waals surface area contributed by atoms with Crippen LogP contribution in [-0.4, -0.2) is 19.2 Å². The molecule has 3 rings (SSSR count). The Morgan fingerprint density at radius 1 is 1.22 bits per heavy atom. The fourth-order valence-corrected chi connectivity index (χ4v) is 2.91. The van der Waals surface area contributed by atoms with E-state index in [1.165, 1.54) is 0 Å². The highest BCUT2D eigenvalue weighted by atomic mass is 35.5. The molecule has 1 saturated heterocycles. The first kappa shape index (κ1) is 15.8. The van der Waals surface area contributed by atoms with Crippen molar-refractivity contribution in [2.75, 3.05) is 18.3 Å². The van der Waals surface area contributed by atoms with Crippen molar-refractivity contribution in [1.82, 2.24) is 0 Å². The number of benzene rings is 2. The van der Waals surface area contributed by atoms with E-state index < -0.39 is 0 Å². The molecule has 2 unspecified atom stereocenters. The van der Waals surface area contributed by atoms with Gasteiger partial charge in [0.15, 0.2) is 0 Å². The van der Waals surface area contributed by atoms with Crippen LogP contribution in [-0.2, 0) is 14.4 Å². The molecule has 1 fully saturated rings. The van der Waals surface area contributed by atoms with Crippen LogP contribution in [0.2, 0.25) is 5.02 Å². The normalized spacial score (nSPS) is 20.5. The SMILES string of the molecule is CCOC(=O)C1CON(c2ccccc2)C1c1ccc(Cl)cc1. The van der Waals surface area contributed by atoms with Crippen molar-refractivity contribution in [2.24, 2.45) is 5.92 Å². The predicted molar refractivity (Wildman–Crippen MR) is 89.2 cm³/mol. The van der Waals surface area contributed by atoms with Crippen LogP contribution in [0.15, 0.2) is 54.6 Å². The fraction of sp³-hybridized carbons (Fsp3) is 0.278. The standard InChI is InChI=1S/C18H18ClNO3/c1-2-22-18(21)16-12-23-20(15-6-4-3-5-7-15)17(16)13-8-10-14(19)11-9-13/h3-11,16-17H,2,12H2,1H3. The molecule has 0 aromatic heterocycles. The van der Waals surface area contributed by atoms with E-state index in [4.69, 9.17) is 21.2 Å². The van der Waals surface area contributed by atoms with E-state index in [0.717, 1.165) is 11.3 Å². The summed E-state index contributed by atoms with van der Waals surface area (Å²) >= 11 is 5.98. The van der Waals surface area contributed by atoms with Gasteiger partial charge in [0.2, 0.25) is 0 Å². The number of ether oxygens (including phenoxy) is 1. The van der Waals surface area contributed by atoms with Crippen molar-refractivity contribution < 1.29 is 14.4 Å². The van der Waals surface area contributed by atoms with Crippen LogP contribution < -0.4 is 5.06 Å². The molecule has 0 bridgehead atoms. The summed E-state index contributed by atoms with van der Waals surface area (Å²) in [6.45, 7) is 2.45. The minimum Gasteiger partial charge on any atom is -0.466 e.